The molecule has 2 aliphatic heterocycles. The van der Waals surface area contributed by atoms with Gasteiger partial charge < -0.3 is 10.1 Å². The molecule has 2 aliphatic rings. The van der Waals surface area contributed by atoms with Crippen LogP contribution in [0.15, 0.2) is 18.2 Å². The van der Waals surface area contributed by atoms with E-state index < -0.39 is 5.54 Å². The van der Waals surface area contributed by atoms with E-state index in [-0.39, 0.29) is 18.5 Å². The number of carbonyl (C=O) groups is 2. The van der Waals surface area contributed by atoms with E-state index in [0.717, 1.165) is 29.1 Å². The van der Waals surface area contributed by atoms with Crippen molar-refractivity contribution in [2.75, 3.05) is 24.7 Å². The molecule has 6 heteroatoms. The number of amides is 3. The highest BCUT2D eigenvalue weighted by atomic mass is 32.2. The number of nitrogens with zero attached hydrogens (tertiary/aromatic N) is 1. The first-order chi connectivity index (χ1) is 10.5. The zero-order valence-corrected chi connectivity index (χ0v) is 13.7. The quantitative estimate of drug-likeness (QED) is 0.863. The third-order valence-corrected chi connectivity index (χ3v) is 5.24. The summed E-state index contributed by atoms with van der Waals surface area (Å²) in [4.78, 5) is 25.8. The van der Waals surface area contributed by atoms with Crippen LogP contribution in [0, 0.1) is 13.8 Å². The van der Waals surface area contributed by atoms with Crippen LogP contribution in [0.3, 0.4) is 0 Å². The van der Waals surface area contributed by atoms with Gasteiger partial charge in [-0.1, -0.05) is 6.07 Å². The molecule has 0 saturated carbocycles. The summed E-state index contributed by atoms with van der Waals surface area (Å²) in [6, 6.07) is 5.69. The van der Waals surface area contributed by atoms with E-state index in [2.05, 4.69) is 11.4 Å². The van der Waals surface area contributed by atoms with Gasteiger partial charge in [-0.25, -0.2) is 4.79 Å². The lowest BCUT2D eigenvalue weighted by atomic mass is 9.99. The number of hydrogen-bond donors (Lipinski definition) is 1. The van der Waals surface area contributed by atoms with Crippen molar-refractivity contribution in [1.82, 2.24) is 10.2 Å². The van der Waals surface area contributed by atoms with Gasteiger partial charge in [0, 0.05) is 5.75 Å². The summed E-state index contributed by atoms with van der Waals surface area (Å²) in [7, 11) is 0. The van der Waals surface area contributed by atoms with E-state index in [1.54, 1.807) is 11.8 Å². The largest absolute Gasteiger partial charge is 0.492 e. The third kappa shape index (κ3) is 2.79. The summed E-state index contributed by atoms with van der Waals surface area (Å²) in [6.45, 7) is 4.62. The van der Waals surface area contributed by atoms with Crippen molar-refractivity contribution in [3.8, 4) is 5.75 Å². The molecule has 1 atom stereocenters. The van der Waals surface area contributed by atoms with Gasteiger partial charge in [-0.15, -0.1) is 0 Å². The number of aryl methyl sites for hydroxylation is 2. The Morgan fingerprint density at radius 3 is 2.64 bits per heavy atom. The fraction of sp³-hybridized carbons (Fsp3) is 0.500. The second kappa shape index (κ2) is 5.83. The number of urea groups is 1. The van der Waals surface area contributed by atoms with Crippen molar-refractivity contribution in [2.24, 2.45) is 0 Å². The lowest BCUT2D eigenvalue weighted by Crippen LogP contribution is -2.47. The second-order valence-electron chi connectivity index (χ2n) is 5.94. The standard InChI is InChI=1S/C16H20N2O3S/c1-11-7-12(2)9-13(8-11)21-5-4-18-14(19)16(17-15(18)20)3-6-22-10-16/h7-9H,3-6,10H2,1-2H3,(H,17,20)/t16-/m0/s1. The zero-order chi connectivity index (χ0) is 15.7. The Balaban J connectivity index is 1.59. The molecule has 0 aromatic heterocycles. The van der Waals surface area contributed by atoms with E-state index in [1.165, 1.54) is 4.90 Å². The SMILES string of the molecule is Cc1cc(C)cc(OCCN2C(=O)N[C@]3(CCSC3)C2=O)c1. The Morgan fingerprint density at radius 2 is 2.00 bits per heavy atom. The zero-order valence-electron chi connectivity index (χ0n) is 12.8. The molecule has 22 heavy (non-hydrogen) atoms. The molecule has 0 aliphatic carbocycles. The summed E-state index contributed by atoms with van der Waals surface area (Å²) in [5, 5.41) is 2.86. The maximum absolute atomic E-state index is 12.5. The van der Waals surface area contributed by atoms with Gasteiger partial charge in [0.25, 0.3) is 5.91 Å². The molecule has 2 heterocycles. The highest BCUT2D eigenvalue weighted by molar-refractivity contribution is 7.99. The Labute approximate surface area is 134 Å². The molecule has 0 radical (unpaired) electrons. The molecular weight excluding hydrogens is 300 g/mol. The van der Waals surface area contributed by atoms with Crippen LogP contribution in [0.5, 0.6) is 5.75 Å². The number of carbonyl (C=O) groups excluding carboxylic acids is 2. The van der Waals surface area contributed by atoms with Gasteiger partial charge in [0.1, 0.15) is 17.9 Å². The summed E-state index contributed by atoms with van der Waals surface area (Å²) in [5.74, 6) is 2.26. The summed E-state index contributed by atoms with van der Waals surface area (Å²) in [5.41, 5.74) is 1.60. The van der Waals surface area contributed by atoms with Gasteiger partial charge in [-0.3, -0.25) is 9.69 Å². The normalized spacial score (nSPS) is 24.2. The number of imide groups is 1. The van der Waals surface area contributed by atoms with Crippen LogP contribution in [0.25, 0.3) is 0 Å². The fourth-order valence-electron chi connectivity index (χ4n) is 2.98. The number of benzene rings is 1. The van der Waals surface area contributed by atoms with E-state index in [0.29, 0.717) is 12.4 Å². The van der Waals surface area contributed by atoms with E-state index >= 15 is 0 Å². The van der Waals surface area contributed by atoms with Crippen LogP contribution in [-0.2, 0) is 4.79 Å². The van der Waals surface area contributed by atoms with Crippen molar-refractivity contribution in [1.29, 1.82) is 0 Å². The summed E-state index contributed by atoms with van der Waals surface area (Å²) >= 11 is 1.71. The molecule has 0 bridgehead atoms. The summed E-state index contributed by atoms with van der Waals surface area (Å²) in [6.07, 6.45) is 0.719. The number of hydrogen-bond acceptors (Lipinski definition) is 4. The van der Waals surface area contributed by atoms with Crippen molar-refractivity contribution in [2.45, 2.75) is 25.8 Å². The number of nitrogens with one attached hydrogen (secondary N) is 1. The maximum atomic E-state index is 12.5. The van der Waals surface area contributed by atoms with Crippen molar-refractivity contribution in [3.05, 3.63) is 29.3 Å². The monoisotopic (exact) mass is 320 g/mol. The van der Waals surface area contributed by atoms with Crippen LogP contribution in [0.2, 0.25) is 0 Å². The lowest BCUT2D eigenvalue weighted by molar-refractivity contribution is -0.130. The van der Waals surface area contributed by atoms with Gasteiger partial charge in [-0.2, -0.15) is 11.8 Å². The number of ether oxygens (including phenoxy) is 1. The van der Waals surface area contributed by atoms with Crippen LogP contribution < -0.4 is 10.1 Å². The Hall–Kier alpha value is -1.69. The summed E-state index contributed by atoms with van der Waals surface area (Å²) < 4.78 is 5.70. The second-order valence-corrected chi connectivity index (χ2v) is 7.05. The number of rotatable bonds is 4. The van der Waals surface area contributed by atoms with E-state index in [4.69, 9.17) is 4.74 Å². The van der Waals surface area contributed by atoms with Gasteiger partial charge >= 0.3 is 6.03 Å². The maximum Gasteiger partial charge on any atom is 0.325 e. The molecule has 1 N–H and O–H groups in total. The minimum absolute atomic E-state index is 0.105. The smallest absolute Gasteiger partial charge is 0.325 e. The molecule has 1 aromatic rings. The molecule has 118 valence electrons. The van der Waals surface area contributed by atoms with Gasteiger partial charge in [0.15, 0.2) is 0 Å². The third-order valence-electron chi connectivity index (χ3n) is 4.05. The highest BCUT2D eigenvalue weighted by Crippen LogP contribution is 2.33. The number of thioether (sulfide) groups is 1. The Kier molecular flexibility index (Phi) is 4.04. The van der Waals surface area contributed by atoms with Gasteiger partial charge in [0.2, 0.25) is 0 Å². The first-order valence-electron chi connectivity index (χ1n) is 7.43. The molecule has 2 saturated heterocycles. The molecule has 1 aromatic carbocycles. The van der Waals surface area contributed by atoms with Crippen molar-refractivity contribution >= 4 is 23.7 Å². The predicted molar refractivity (Wildman–Crippen MR) is 86.3 cm³/mol. The van der Waals surface area contributed by atoms with Crippen LogP contribution >= 0.6 is 11.8 Å². The van der Waals surface area contributed by atoms with Crippen molar-refractivity contribution < 1.29 is 14.3 Å². The van der Waals surface area contributed by atoms with E-state index in [1.807, 2.05) is 26.0 Å². The first-order valence-corrected chi connectivity index (χ1v) is 8.59. The van der Waals surface area contributed by atoms with Gasteiger partial charge in [0.05, 0.1) is 6.54 Å². The minimum Gasteiger partial charge on any atom is -0.492 e. The lowest BCUT2D eigenvalue weighted by Gasteiger charge is -2.19. The topological polar surface area (TPSA) is 58.6 Å². The average molecular weight is 320 g/mol. The molecule has 5 nitrogen and oxygen atoms in total. The molecule has 3 rings (SSSR count). The van der Waals surface area contributed by atoms with E-state index in [9.17, 15) is 9.59 Å². The van der Waals surface area contributed by atoms with Crippen molar-refractivity contribution in [3.63, 3.8) is 0 Å². The molecule has 0 unspecified atom stereocenters. The molecular formula is C16H20N2O3S. The molecule has 3 amide bonds. The molecule has 1 spiro atoms. The van der Waals surface area contributed by atoms with Gasteiger partial charge in [-0.05, 0) is 49.3 Å². The Bertz CT molecular complexity index is 591. The Morgan fingerprint density at radius 1 is 1.27 bits per heavy atom. The van der Waals surface area contributed by atoms with Crippen LogP contribution in [0.4, 0.5) is 4.79 Å². The fourth-order valence-corrected chi connectivity index (χ4v) is 4.31. The molecule has 2 fully saturated rings. The van der Waals surface area contributed by atoms with Crippen LogP contribution in [0.1, 0.15) is 17.5 Å². The van der Waals surface area contributed by atoms with Crippen LogP contribution in [-0.4, -0.2) is 47.0 Å². The highest BCUT2D eigenvalue weighted by Gasteiger charge is 2.52. The average Bonchev–Trinajstić information content (AvgIpc) is 2.99. The predicted octanol–water partition coefficient (Wildman–Crippen LogP) is 2.11. The minimum atomic E-state index is -0.665. The first kappa shape index (κ1) is 15.2.